The van der Waals surface area contributed by atoms with Gasteiger partial charge in [0.05, 0.1) is 5.54 Å². The lowest BCUT2D eigenvalue weighted by Gasteiger charge is -2.37. The Bertz CT molecular complexity index is 524. The Hall–Kier alpha value is -1.31. The minimum absolute atomic E-state index is 0. The summed E-state index contributed by atoms with van der Waals surface area (Å²) in [6, 6.07) is 19.5. The number of benzene rings is 2. The van der Waals surface area contributed by atoms with E-state index in [-0.39, 0.29) is 17.9 Å². The molecule has 94 valence electrons. The van der Waals surface area contributed by atoms with Crippen LogP contribution in [0, 0.1) is 0 Å². The van der Waals surface area contributed by atoms with E-state index in [1.807, 2.05) is 0 Å². The summed E-state index contributed by atoms with van der Waals surface area (Å²) in [6.45, 7) is 3.32. The molecule has 1 heterocycles. The molecule has 0 radical (unpaired) electrons. The molecule has 2 aromatic rings. The predicted octanol–water partition coefficient (Wildman–Crippen LogP) is 3.52. The average molecular weight is 260 g/mol. The van der Waals surface area contributed by atoms with Crippen molar-refractivity contribution < 1.29 is 0 Å². The van der Waals surface area contributed by atoms with Crippen LogP contribution in [0.25, 0.3) is 0 Å². The van der Waals surface area contributed by atoms with Gasteiger partial charge >= 0.3 is 0 Å². The van der Waals surface area contributed by atoms with Gasteiger partial charge in [0, 0.05) is 6.54 Å². The molecule has 0 aromatic heterocycles. The molecule has 3 rings (SSSR count). The highest BCUT2D eigenvalue weighted by Crippen LogP contribution is 2.34. The maximum atomic E-state index is 3.67. The SMILES string of the molecule is C[C@]1(c2ccccc2)NCCc2ccccc21.Cl. The van der Waals surface area contributed by atoms with Crippen molar-refractivity contribution in [2.45, 2.75) is 18.9 Å². The first-order valence-electron chi connectivity index (χ1n) is 6.20. The average Bonchev–Trinajstić information content (AvgIpc) is 2.40. The lowest BCUT2D eigenvalue weighted by Crippen LogP contribution is -2.45. The van der Waals surface area contributed by atoms with Crippen LogP contribution in [0.1, 0.15) is 23.6 Å². The van der Waals surface area contributed by atoms with Gasteiger partial charge in [-0.25, -0.2) is 0 Å². The van der Waals surface area contributed by atoms with Gasteiger partial charge in [0.1, 0.15) is 0 Å². The van der Waals surface area contributed by atoms with E-state index in [4.69, 9.17) is 0 Å². The predicted molar refractivity (Wildman–Crippen MR) is 78.3 cm³/mol. The van der Waals surface area contributed by atoms with E-state index in [1.54, 1.807) is 0 Å². The molecule has 0 amide bonds. The van der Waals surface area contributed by atoms with Gasteiger partial charge in [0.25, 0.3) is 0 Å². The van der Waals surface area contributed by atoms with Crippen LogP contribution in [-0.4, -0.2) is 6.54 Å². The molecule has 1 nitrogen and oxygen atoms in total. The van der Waals surface area contributed by atoms with Gasteiger partial charge in [0.2, 0.25) is 0 Å². The van der Waals surface area contributed by atoms with Crippen LogP contribution in [0.2, 0.25) is 0 Å². The third-order valence-corrected chi connectivity index (χ3v) is 3.78. The van der Waals surface area contributed by atoms with Crippen LogP contribution in [-0.2, 0) is 12.0 Å². The van der Waals surface area contributed by atoms with E-state index in [2.05, 4.69) is 66.8 Å². The molecule has 0 aliphatic carbocycles. The third-order valence-electron chi connectivity index (χ3n) is 3.78. The highest BCUT2D eigenvalue weighted by Gasteiger charge is 2.32. The number of fused-ring (bicyclic) bond motifs is 1. The monoisotopic (exact) mass is 259 g/mol. The second-order valence-electron chi connectivity index (χ2n) is 4.82. The number of hydrogen-bond acceptors (Lipinski definition) is 1. The summed E-state index contributed by atoms with van der Waals surface area (Å²) in [4.78, 5) is 0. The second kappa shape index (κ2) is 5.13. The van der Waals surface area contributed by atoms with E-state index < -0.39 is 0 Å². The van der Waals surface area contributed by atoms with Crippen molar-refractivity contribution in [2.75, 3.05) is 6.54 Å². The lowest BCUT2D eigenvalue weighted by molar-refractivity contribution is 0.415. The molecule has 1 aliphatic heterocycles. The molecule has 0 unspecified atom stereocenters. The maximum absolute atomic E-state index is 3.67. The summed E-state index contributed by atoms with van der Waals surface area (Å²) >= 11 is 0. The smallest absolute Gasteiger partial charge is 0.0664 e. The molecular formula is C16H18ClN. The van der Waals surface area contributed by atoms with Crippen LogP contribution in [0.4, 0.5) is 0 Å². The Kier molecular flexibility index (Phi) is 3.74. The Morgan fingerprint density at radius 3 is 2.39 bits per heavy atom. The fourth-order valence-electron chi connectivity index (χ4n) is 2.80. The van der Waals surface area contributed by atoms with Crippen molar-refractivity contribution in [1.29, 1.82) is 0 Å². The van der Waals surface area contributed by atoms with Crippen molar-refractivity contribution >= 4 is 12.4 Å². The van der Waals surface area contributed by atoms with Crippen LogP contribution < -0.4 is 5.32 Å². The van der Waals surface area contributed by atoms with Crippen molar-refractivity contribution in [2.24, 2.45) is 0 Å². The van der Waals surface area contributed by atoms with Crippen LogP contribution in [0.3, 0.4) is 0 Å². The minimum Gasteiger partial charge on any atom is -0.304 e. The Morgan fingerprint density at radius 2 is 1.61 bits per heavy atom. The highest BCUT2D eigenvalue weighted by atomic mass is 35.5. The molecule has 1 atom stereocenters. The van der Waals surface area contributed by atoms with Crippen LogP contribution in [0.5, 0.6) is 0 Å². The van der Waals surface area contributed by atoms with Gasteiger partial charge in [-0.15, -0.1) is 12.4 Å². The number of rotatable bonds is 1. The van der Waals surface area contributed by atoms with Crippen molar-refractivity contribution in [1.82, 2.24) is 5.32 Å². The van der Waals surface area contributed by atoms with Gasteiger partial charge in [0.15, 0.2) is 0 Å². The van der Waals surface area contributed by atoms with Crippen molar-refractivity contribution in [3.63, 3.8) is 0 Å². The zero-order valence-electron chi connectivity index (χ0n) is 10.5. The van der Waals surface area contributed by atoms with Crippen LogP contribution in [0.15, 0.2) is 54.6 Å². The first kappa shape index (κ1) is 13.1. The van der Waals surface area contributed by atoms with Gasteiger partial charge in [-0.2, -0.15) is 0 Å². The molecule has 18 heavy (non-hydrogen) atoms. The van der Waals surface area contributed by atoms with Crippen LogP contribution >= 0.6 is 12.4 Å². The fourth-order valence-corrected chi connectivity index (χ4v) is 2.80. The molecule has 0 spiro atoms. The summed E-state index contributed by atoms with van der Waals surface area (Å²) < 4.78 is 0. The molecule has 2 aromatic carbocycles. The van der Waals surface area contributed by atoms with Gasteiger partial charge < -0.3 is 5.32 Å². The van der Waals surface area contributed by atoms with E-state index in [0.29, 0.717) is 0 Å². The van der Waals surface area contributed by atoms with Gasteiger partial charge in [-0.05, 0) is 30.0 Å². The standard InChI is InChI=1S/C16H17N.ClH/c1-16(14-8-3-2-4-9-14)15-10-6-5-7-13(15)11-12-17-16;/h2-10,17H,11-12H2,1H3;1H/t16-;/m1./s1. The topological polar surface area (TPSA) is 12.0 Å². The number of nitrogens with one attached hydrogen (secondary N) is 1. The summed E-state index contributed by atoms with van der Waals surface area (Å²) in [7, 11) is 0. The van der Waals surface area contributed by atoms with Crippen molar-refractivity contribution in [3.8, 4) is 0 Å². The Balaban J connectivity index is 0.00000120. The minimum atomic E-state index is -0.0455. The molecule has 0 saturated carbocycles. The summed E-state index contributed by atoms with van der Waals surface area (Å²) in [5.74, 6) is 0. The van der Waals surface area contributed by atoms with Gasteiger partial charge in [-0.3, -0.25) is 0 Å². The molecule has 0 bridgehead atoms. The molecular weight excluding hydrogens is 242 g/mol. The first-order chi connectivity index (χ1) is 8.31. The largest absolute Gasteiger partial charge is 0.304 e. The molecule has 1 aliphatic rings. The maximum Gasteiger partial charge on any atom is 0.0664 e. The normalized spacial score (nSPS) is 21.8. The summed E-state index contributed by atoms with van der Waals surface area (Å²) in [5.41, 5.74) is 4.18. The summed E-state index contributed by atoms with van der Waals surface area (Å²) in [5, 5.41) is 3.67. The van der Waals surface area contributed by atoms with E-state index in [9.17, 15) is 0 Å². The fraction of sp³-hybridized carbons (Fsp3) is 0.250. The number of hydrogen-bond donors (Lipinski definition) is 1. The number of halogens is 1. The molecule has 2 heteroatoms. The molecule has 0 fully saturated rings. The van der Waals surface area contributed by atoms with E-state index in [1.165, 1.54) is 16.7 Å². The van der Waals surface area contributed by atoms with E-state index in [0.717, 1.165) is 13.0 Å². The quantitative estimate of drug-likeness (QED) is 0.826. The molecule has 0 saturated heterocycles. The first-order valence-corrected chi connectivity index (χ1v) is 6.20. The molecule has 1 N–H and O–H groups in total. The highest BCUT2D eigenvalue weighted by molar-refractivity contribution is 5.85. The zero-order valence-corrected chi connectivity index (χ0v) is 11.3. The van der Waals surface area contributed by atoms with Crippen molar-refractivity contribution in [3.05, 3.63) is 71.3 Å². The third kappa shape index (κ3) is 2.05. The lowest BCUT2D eigenvalue weighted by atomic mass is 9.79. The zero-order chi connectivity index (χ0) is 11.7. The Morgan fingerprint density at radius 1 is 0.944 bits per heavy atom. The van der Waals surface area contributed by atoms with E-state index >= 15 is 0 Å². The summed E-state index contributed by atoms with van der Waals surface area (Å²) in [6.07, 6.45) is 1.12. The Labute approximate surface area is 115 Å². The second-order valence-corrected chi connectivity index (χ2v) is 4.82. The van der Waals surface area contributed by atoms with Gasteiger partial charge in [-0.1, -0.05) is 54.6 Å².